The van der Waals surface area contributed by atoms with Crippen molar-refractivity contribution in [2.45, 2.75) is 49.4 Å². The fourth-order valence-electron chi connectivity index (χ4n) is 7.40. The van der Waals surface area contributed by atoms with E-state index >= 15 is 0 Å². The van der Waals surface area contributed by atoms with Crippen molar-refractivity contribution < 1.29 is 0 Å². The van der Waals surface area contributed by atoms with Crippen molar-refractivity contribution in [2.24, 2.45) is 0 Å². The number of hydrogen-bond acceptors (Lipinski definition) is 0. The molecule has 0 aromatic heterocycles. The Morgan fingerprint density at radius 1 is 0.361 bits per heavy atom. The van der Waals surface area contributed by atoms with E-state index < -0.39 is 0 Å². The zero-order valence-electron chi connectivity index (χ0n) is 20.7. The summed E-state index contributed by atoms with van der Waals surface area (Å²) in [4.78, 5) is 0. The first-order chi connectivity index (χ1) is 17.9. The minimum atomic E-state index is 0.415. The van der Waals surface area contributed by atoms with Crippen molar-refractivity contribution in [2.75, 3.05) is 0 Å². The van der Waals surface area contributed by atoms with Crippen LogP contribution in [0.5, 0.6) is 0 Å². The zero-order valence-corrected chi connectivity index (χ0v) is 20.7. The molecule has 0 spiro atoms. The molecule has 0 bridgehead atoms. The first-order valence-corrected chi connectivity index (χ1v) is 13.6. The van der Waals surface area contributed by atoms with Crippen LogP contribution >= 0.6 is 0 Å². The summed E-state index contributed by atoms with van der Waals surface area (Å²) in [6.45, 7) is 0. The molecule has 0 heteroatoms. The molecule has 0 nitrogen and oxygen atoms in total. The first-order valence-electron chi connectivity index (χ1n) is 13.6. The molecule has 4 aromatic rings. The molecule has 1 saturated carbocycles. The first kappa shape index (κ1) is 21.6. The normalized spacial score (nSPS) is 25.8. The van der Waals surface area contributed by atoms with Gasteiger partial charge in [-0.2, -0.15) is 0 Å². The molecule has 3 aliphatic rings. The van der Waals surface area contributed by atoms with E-state index in [9.17, 15) is 0 Å². The lowest BCUT2D eigenvalue weighted by Crippen LogP contribution is -2.29. The monoisotopic (exact) mass is 464 g/mol. The van der Waals surface area contributed by atoms with Crippen LogP contribution in [0, 0.1) is 0 Å². The highest BCUT2D eigenvalue weighted by Crippen LogP contribution is 2.57. The van der Waals surface area contributed by atoms with E-state index in [2.05, 4.69) is 121 Å². The predicted molar refractivity (Wildman–Crippen MR) is 153 cm³/mol. The minimum absolute atomic E-state index is 0.415. The Bertz CT molecular complexity index is 1360. The van der Waals surface area contributed by atoms with E-state index in [1.54, 1.807) is 0 Å². The third-order valence-electron chi connectivity index (χ3n) is 8.92. The summed E-state index contributed by atoms with van der Waals surface area (Å²) in [5.74, 6) is 1.81. The average Bonchev–Trinajstić information content (AvgIpc) is 2.91. The lowest BCUT2D eigenvalue weighted by Gasteiger charge is -2.44. The van der Waals surface area contributed by atoms with Crippen LogP contribution < -0.4 is 0 Å². The van der Waals surface area contributed by atoms with Gasteiger partial charge in [0.2, 0.25) is 0 Å². The van der Waals surface area contributed by atoms with E-state index in [-0.39, 0.29) is 0 Å². The van der Waals surface area contributed by atoms with Gasteiger partial charge in [-0.1, -0.05) is 134 Å². The number of fused-ring (bicyclic) bond motifs is 11. The Balaban J connectivity index is 1.56. The molecular formula is C36H32. The van der Waals surface area contributed by atoms with Crippen LogP contribution in [-0.2, 0) is 0 Å². The van der Waals surface area contributed by atoms with Crippen LogP contribution in [-0.4, -0.2) is 0 Å². The molecule has 0 amide bonds. The third kappa shape index (κ3) is 3.59. The number of benzene rings is 4. The summed E-state index contributed by atoms with van der Waals surface area (Å²) in [5, 5.41) is 0. The van der Waals surface area contributed by atoms with Crippen molar-refractivity contribution in [1.29, 1.82) is 0 Å². The summed E-state index contributed by atoms with van der Waals surface area (Å²) >= 11 is 0. The zero-order chi connectivity index (χ0) is 23.9. The van der Waals surface area contributed by atoms with Gasteiger partial charge in [-0.05, 0) is 81.0 Å². The van der Waals surface area contributed by atoms with Gasteiger partial charge < -0.3 is 0 Å². The van der Waals surface area contributed by atoms with Crippen LogP contribution in [0.15, 0.2) is 97.1 Å². The Kier molecular flexibility index (Phi) is 5.47. The second-order valence-corrected chi connectivity index (χ2v) is 10.7. The largest absolute Gasteiger partial charge is 0.0619 e. The topological polar surface area (TPSA) is 0 Å². The fraction of sp³-hybridized carbons (Fsp3) is 0.222. The summed E-state index contributed by atoms with van der Waals surface area (Å²) < 4.78 is 0. The summed E-state index contributed by atoms with van der Waals surface area (Å²) in [5.41, 5.74) is 11.6. The molecule has 7 rings (SSSR count). The van der Waals surface area contributed by atoms with Crippen LogP contribution in [0.3, 0.4) is 0 Å². The average molecular weight is 465 g/mol. The summed E-state index contributed by atoms with van der Waals surface area (Å²) in [7, 11) is 0. The van der Waals surface area contributed by atoms with Crippen LogP contribution in [0.1, 0.15) is 93.9 Å². The molecular weight excluding hydrogens is 432 g/mol. The standard InChI is InChI=1S/C36H32/c1-5-15-29-25(11-1)21-23-27-13-3-7-17-31(27)35-33(29)19-9-10-20-34-30-16-6-2-12-26(30)22-24-28-14-4-8-18-32(28)36(34)35/h1-8,11-18,21-24,33-36H,9-10,19-20H2/b23-21-,24-22-/t33-,34-,35-,36-/m0/s1. The van der Waals surface area contributed by atoms with Crippen molar-refractivity contribution >= 4 is 24.3 Å². The van der Waals surface area contributed by atoms with Crippen molar-refractivity contribution in [3.05, 3.63) is 142 Å². The van der Waals surface area contributed by atoms with Gasteiger partial charge in [0, 0.05) is 0 Å². The van der Waals surface area contributed by atoms with Crippen molar-refractivity contribution in [3.63, 3.8) is 0 Å². The van der Waals surface area contributed by atoms with Gasteiger partial charge in [-0.25, -0.2) is 0 Å². The smallest absolute Gasteiger partial charge is 0.00120 e. The predicted octanol–water partition coefficient (Wildman–Crippen LogP) is 9.66. The molecule has 4 aromatic carbocycles. The minimum Gasteiger partial charge on any atom is -0.0619 e. The van der Waals surface area contributed by atoms with Gasteiger partial charge >= 0.3 is 0 Å². The Hall–Kier alpha value is -3.64. The molecule has 0 heterocycles. The van der Waals surface area contributed by atoms with Crippen molar-refractivity contribution in [3.8, 4) is 0 Å². The molecule has 176 valence electrons. The molecule has 0 N–H and O–H groups in total. The van der Waals surface area contributed by atoms with Gasteiger partial charge in [0.1, 0.15) is 0 Å². The van der Waals surface area contributed by atoms with Crippen molar-refractivity contribution in [1.82, 2.24) is 0 Å². The van der Waals surface area contributed by atoms with E-state index in [1.165, 1.54) is 70.2 Å². The Labute approximate surface area is 215 Å². The van der Waals surface area contributed by atoms with Crippen LogP contribution in [0.4, 0.5) is 0 Å². The summed E-state index contributed by atoms with van der Waals surface area (Å²) in [6.07, 6.45) is 14.5. The molecule has 4 atom stereocenters. The van der Waals surface area contributed by atoms with Crippen LogP contribution in [0.25, 0.3) is 24.3 Å². The van der Waals surface area contributed by atoms with Gasteiger partial charge in [-0.15, -0.1) is 0 Å². The maximum absolute atomic E-state index is 2.42. The third-order valence-corrected chi connectivity index (χ3v) is 8.92. The maximum Gasteiger partial charge on any atom is -0.00120 e. The lowest BCUT2D eigenvalue weighted by atomic mass is 9.59. The molecule has 0 saturated heterocycles. The molecule has 0 unspecified atom stereocenters. The lowest BCUT2D eigenvalue weighted by molar-refractivity contribution is 0.327. The molecule has 0 aliphatic heterocycles. The van der Waals surface area contributed by atoms with E-state index in [0.29, 0.717) is 23.7 Å². The molecule has 3 aliphatic carbocycles. The highest BCUT2D eigenvalue weighted by molar-refractivity contribution is 5.77. The Morgan fingerprint density at radius 2 is 0.667 bits per heavy atom. The number of rotatable bonds is 0. The van der Waals surface area contributed by atoms with Gasteiger partial charge in [0.25, 0.3) is 0 Å². The van der Waals surface area contributed by atoms with Crippen LogP contribution in [0.2, 0.25) is 0 Å². The Morgan fingerprint density at radius 3 is 1.06 bits per heavy atom. The van der Waals surface area contributed by atoms with E-state index in [4.69, 9.17) is 0 Å². The molecule has 0 radical (unpaired) electrons. The van der Waals surface area contributed by atoms with Gasteiger partial charge in [0.15, 0.2) is 0 Å². The fourth-order valence-corrected chi connectivity index (χ4v) is 7.40. The second-order valence-electron chi connectivity index (χ2n) is 10.7. The SMILES string of the molecule is C1=C\c2ccccc2[C@@H]2CCCC[C@H]3c4ccccc4/C=C\c4ccccc4[C@@H]3[C@H]2c2ccccc2/1. The quantitative estimate of drug-likeness (QED) is 0.243. The highest BCUT2D eigenvalue weighted by atomic mass is 14.4. The molecule has 1 fully saturated rings. The van der Waals surface area contributed by atoms with E-state index in [0.717, 1.165) is 0 Å². The van der Waals surface area contributed by atoms with E-state index in [1.807, 2.05) is 0 Å². The molecule has 36 heavy (non-hydrogen) atoms. The number of hydrogen-bond donors (Lipinski definition) is 0. The maximum atomic E-state index is 2.42. The second kappa shape index (κ2) is 9.10. The van der Waals surface area contributed by atoms with Gasteiger partial charge in [0.05, 0.1) is 0 Å². The summed E-state index contributed by atoms with van der Waals surface area (Å²) in [6, 6.07) is 36.8. The highest BCUT2D eigenvalue weighted by Gasteiger charge is 2.42. The van der Waals surface area contributed by atoms with Gasteiger partial charge in [-0.3, -0.25) is 0 Å².